The average molecular weight is 256 g/mol. The SMILES string of the molecule is NC1(c2c(O)cccc2Br)CCCC1. The molecular weight excluding hydrogens is 242 g/mol. The lowest BCUT2D eigenvalue weighted by atomic mass is 9.89. The molecule has 0 aliphatic heterocycles. The number of phenols is 1. The molecule has 1 aliphatic rings. The van der Waals surface area contributed by atoms with Gasteiger partial charge in [-0.15, -0.1) is 0 Å². The van der Waals surface area contributed by atoms with E-state index < -0.39 is 0 Å². The predicted molar refractivity (Wildman–Crippen MR) is 60.1 cm³/mol. The highest BCUT2D eigenvalue weighted by molar-refractivity contribution is 9.10. The highest BCUT2D eigenvalue weighted by Gasteiger charge is 2.34. The lowest BCUT2D eigenvalue weighted by Gasteiger charge is -2.26. The van der Waals surface area contributed by atoms with E-state index in [0.29, 0.717) is 5.75 Å². The third-order valence-electron chi connectivity index (χ3n) is 2.99. The van der Waals surface area contributed by atoms with Crippen LogP contribution >= 0.6 is 15.9 Å². The Morgan fingerprint density at radius 2 is 1.93 bits per heavy atom. The number of rotatable bonds is 1. The number of phenolic OH excluding ortho intramolecular Hbond substituents is 1. The Balaban J connectivity index is 2.49. The molecule has 1 aromatic rings. The van der Waals surface area contributed by atoms with Crippen LogP contribution in [-0.2, 0) is 5.54 Å². The highest BCUT2D eigenvalue weighted by atomic mass is 79.9. The molecule has 2 nitrogen and oxygen atoms in total. The van der Waals surface area contributed by atoms with Crippen molar-refractivity contribution in [3.05, 3.63) is 28.2 Å². The predicted octanol–water partition coefficient (Wildman–Crippen LogP) is 2.88. The second-order valence-electron chi connectivity index (χ2n) is 4.00. The Kier molecular flexibility index (Phi) is 2.54. The molecule has 0 amide bonds. The minimum Gasteiger partial charge on any atom is -0.508 e. The normalized spacial score (nSPS) is 19.9. The first-order valence-electron chi connectivity index (χ1n) is 4.90. The van der Waals surface area contributed by atoms with Gasteiger partial charge < -0.3 is 10.8 Å². The fourth-order valence-electron chi connectivity index (χ4n) is 2.26. The van der Waals surface area contributed by atoms with Crippen LogP contribution in [0.25, 0.3) is 0 Å². The quantitative estimate of drug-likeness (QED) is 0.811. The molecule has 3 heteroatoms. The minimum absolute atomic E-state index is 0.309. The van der Waals surface area contributed by atoms with Gasteiger partial charge in [0, 0.05) is 15.6 Å². The first-order chi connectivity index (χ1) is 6.63. The van der Waals surface area contributed by atoms with Crippen LogP contribution in [0.2, 0.25) is 0 Å². The number of nitrogens with two attached hydrogens (primary N) is 1. The molecule has 0 aromatic heterocycles. The van der Waals surface area contributed by atoms with E-state index in [-0.39, 0.29) is 5.54 Å². The van der Waals surface area contributed by atoms with E-state index in [9.17, 15) is 5.11 Å². The molecule has 14 heavy (non-hydrogen) atoms. The van der Waals surface area contributed by atoms with Crippen LogP contribution in [0.1, 0.15) is 31.2 Å². The lowest BCUT2D eigenvalue weighted by Crippen LogP contribution is -2.33. The van der Waals surface area contributed by atoms with Gasteiger partial charge in [0.1, 0.15) is 5.75 Å². The number of hydrogen-bond donors (Lipinski definition) is 2. The average Bonchev–Trinajstić information content (AvgIpc) is 2.52. The lowest BCUT2D eigenvalue weighted by molar-refractivity contribution is 0.407. The van der Waals surface area contributed by atoms with Crippen LogP contribution in [-0.4, -0.2) is 5.11 Å². The van der Waals surface area contributed by atoms with Crippen molar-refractivity contribution >= 4 is 15.9 Å². The Hall–Kier alpha value is -0.540. The van der Waals surface area contributed by atoms with Crippen LogP contribution in [0, 0.1) is 0 Å². The van der Waals surface area contributed by atoms with Crippen molar-refractivity contribution in [1.29, 1.82) is 0 Å². The summed E-state index contributed by atoms with van der Waals surface area (Å²) in [5, 5.41) is 9.81. The van der Waals surface area contributed by atoms with E-state index in [2.05, 4.69) is 15.9 Å². The standard InChI is InChI=1S/C11H14BrNO/c12-8-4-3-5-9(14)10(8)11(13)6-1-2-7-11/h3-5,14H,1-2,6-7,13H2. The fourth-order valence-corrected chi connectivity index (χ4v) is 3.01. The van der Waals surface area contributed by atoms with Crippen LogP contribution in [0.5, 0.6) is 5.75 Å². The topological polar surface area (TPSA) is 46.2 Å². The maximum Gasteiger partial charge on any atom is 0.121 e. The van der Waals surface area contributed by atoms with E-state index in [1.807, 2.05) is 12.1 Å². The zero-order valence-electron chi connectivity index (χ0n) is 7.96. The van der Waals surface area contributed by atoms with Gasteiger partial charge in [-0.1, -0.05) is 34.8 Å². The van der Waals surface area contributed by atoms with E-state index in [0.717, 1.165) is 35.7 Å². The van der Waals surface area contributed by atoms with E-state index >= 15 is 0 Å². The summed E-state index contributed by atoms with van der Waals surface area (Å²) in [6, 6.07) is 5.45. The molecule has 1 aliphatic carbocycles. The van der Waals surface area contributed by atoms with Gasteiger partial charge in [0.15, 0.2) is 0 Å². The number of aromatic hydroxyl groups is 1. The summed E-state index contributed by atoms with van der Waals surface area (Å²) in [4.78, 5) is 0. The first-order valence-corrected chi connectivity index (χ1v) is 5.70. The maximum atomic E-state index is 9.81. The molecule has 0 heterocycles. The van der Waals surface area contributed by atoms with Crippen molar-refractivity contribution in [2.75, 3.05) is 0 Å². The van der Waals surface area contributed by atoms with Gasteiger partial charge in [-0.05, 0) is 25.0 Å². The molecule has 0 bridgehead atoms. The number of hydrogen-bond acceptors (Lipinski definition) is 2. The van der Waals surface area contributed by atoms with Gasteiger partial charge >= 0.3 is 0 Å². The largest absolute Gasteiger partial charge is 0.508 e. The molecule has 0 spiro atoms. The van der Waals surface area contributed by atoms with Gasteiger partial charge in [0.05, 0.1) is 0 Å². The summed E-state index contributed by atoms with van der Waals surface area (Å²) in [6.07, 6.45) is 4.22. The van der Waals surface area contributed by atoms with Crippen molar-refractivity contribution in [3.63, 3.8) is 0 Å². The Bertz CT molecular complexity index is 325. The molecule has 0 radical (unpaired) electrons. The van der Waals surface area contributed by atoms with Crippen molar-refractivity contribution < 1.29 is 5.11 Å². The molecule has 1 fully saturated rings. The molecule has 0 unspecified atom stereocenters. The molecule has 1 saturated carbocycles. The van der Waals surface area contributed by atoms with Crippen molar-refractivity contribution in [2.45, 2.75) is 31.2 Å². The van der Waals surface area contributed by atoms with Gasteiger partial charge in [0.2, 0.25) is 0 Å². The number of benzene rings is 1. The van der Waals surface area contributed by atoms with Crippen LogP contribution in [0.4, 0.5) is 0 Å². The third kappa shape index (κ3) is 1.55. The monoisotopic (exact) mass is 255 g/mol. The molecule has 2 rings (SSSR count). The fraction of sp³-hybridized carbons (Fsp3) is 0.455. The molecule has 3 N–H and O–H groups in total. The maximum absolute atomic E-state index is 9.81. The van der Waals surface area contributed by atoms with E-state index in [4.69, 9.17) is 5.73 Å². The van der Waals surface area contributed by atoms with Gasteiger partial charge in [0.25, 0.3) is 0 Å². The summed E-state index contributed by atoms with van der Waals surface area (Å²) in [5.41, 5.74) is 6.84. The van der Waals surface area contributed by atoms with Crippen molar-refractivity contribution in [1.82, 2.24) is 0 Å². The van der Waals surface area contributed by atoms with E-state index in [1.54, 1.807) is 6.07 Å². The summed E-state index contributed by atoms with van der Waals surface area (Å²) in [5.74, 6) is 0.309. The second kappa shape index (κ2) is 3.55. The van der Waals surface area contributed by atoms with Gasteiger partial charge in [-0.25, -0.2) is 0 Å². The molecule has 0 saturated heterocycles. The zero-order chi connectivity index (χ0) is 10.2. The van der Waals surface area contributed by atoms with Crippen LogP contribution < -0.4 is 5.73 Å². The highest BCUT2D eigenvalue weighted by Crippen LogP contribution is 2.43. The zero-order valence-corrected chi connectivity index (χ0v) is 9.55. The summed E-state index contributed by atoms with van der Waals surface area (Å²) in [7, 11) is 0. The molecular formula is C11H14BrNO. The van der Waals surface area contributed by atoms with Crippen LogP contribution in [0.15, 0.2) is 22.7 Å². The van der Waals surface area contributed by atoms with Gasteiger partial charge in [-0.3, -0.25) is 0 Å². The summed E-state index contributed by atoms with van der Waals surface area (Å²) < 4.78 is 0.918. The smallest absolute Gasteiger partial charge is 0.121 e. The first kappa shape index (κ1) is 9.99. The molecule has 1 aromatic carbocycles. The summed E-state index contributed by atoms with van der Waals surface area (Å²) in [6.45, 7) is 0. The van der Waals surface area contributed by atoms with Crippen molar-refractivity contribution in [3.8, 4) is 5.75 Å². The third-order valence-corrected chi connectivity index (χ3v) is 3.65. The Morgan fingerprint density at radius 3 is 2.50 bits per heavy atom. The molecule has 0 atom stereocenters. The van der Waals surface area contributed by atoms with Crippen molar-refractivity contribution in [2.24, 2.45) is 5.73 Å². The Morgan fingerprint density at radius 1 is 1.29 bits per heavy atom. The second-order valence-corrected chi connectivity index (χ2v) is 4.85. The van der Waals surface area contributed by atoms with Crippen LogP contribution in [0.3, 0.4) is 0 Å². The summed E-state index contributed by atoms with van der Waals surface area (Å²) >= 11 is 3.45. The number of halogens is 1. The van der Waals surface area contributed by atoms with E-state index in [1.165, 1.54) is 0 Å². The van der Waals surface area contributed by atoms with Gasteiger partial charge in [-0.2, -0.15) is 0 Å². The Labute approximate surface area is 92.3 Å². The minimum atomic E-state index is -0.329. The molecule has 76 valence electrons.